The molecule has 1 aromatic carbocycles. The third-order valence-corrected chi connectivity index (χ3v) is 5.90. The number of likely N-dealkylation sites (N-methyl/N-ethyl adjacent to an activating group) is 1. The third kappa shape index (κ3) is 5.00. The molecular weight excluding hydrogens is 294 g/mol. The summed E-state index contributed by atoms with van der Waals surface area (Å²) in [6.45, 7) is 2.64. The van der Waals surface area contributed by atoms with E-state index in [-0.39, 0.29) is 0 Å². The summed E-state index contributed by atoms with van der Waals surface area (Å²) in [7, 11) is 0.180. The topological polar surface area (TPSA) is 46.6 Å². The summed E-state index contributed by atoms with van der Waals surface area (Å²) in [5.74, 6) is 1.46. The normalized spacial score (nSPS) is 15.9. The van der Waals surface area contributed by atoms with Gasteiger partial charge in [0.25, 0.3) is 0 Å². The van der Waals surface area contributed by atoms with Gasteiger partial charge in [0.1, 0.15) is 5.75 Å². The molecule has 0 aliphatic carbocycles. The van der Waals surface area contributed by atoms with Crippen molar-refractivity contribution in [2.45, 2.75) is 19.4 Å². The van der Waals surface area contributed by atoms with Crippen LogP contribution in [0.1, 0.15) is 17.5 Å². The molecule has 112 valence electrons. The van der Waals surface area contributed by atoms with Gasteiger partial charge in [0, 0.05) is 25.1 Å². The van der Waals surface area contributed by atoms with E-state index in [4.69, 9.17) is 4.74 Å². The van der Waals surface area contributed by atoms with Gasteiger partial charge in [-0.25, -0.2) is 8.42 Å². The molecule has 20 heavy (non-hydrogen) atoms. The first-order valence-electron chi connectivity index (χ1n) is 6.71. The smallest absolute Gasteiger partial charge is 0.198 e. The van der Waals surface area contributed by atoms with Gasteiger partial charge in [-0.2, -0.15) is 0 Å². The molecular formula is C14H21NO3S2. The number of rotatable bonds is 6. The van der Waals surface area contributed by atoms with Crippen molar-refractivity contribution in [1.29, 1.82) is 0 Å². The number of fused-ring (bicyclic) bond motifs is 1. The molecule has 0 unspecified atom stereocenters. The van der Waals surface area contributed by atoms with E-state index in [0.29, 0.717) is 12.4 Å². The molecule has 1 aliphatic rings. The number of nitrogens with zero attached hydrogens (tertiary/aromatic N) is 1. The largest absolute Gasteiger partial charge is 0.494 e. The van der Waals surface area contributed by atoms with Crippen molar-refractivity contribution in [3.63, 3.8) is 0 Å². The Hall–Kier alpha value is -0.720. The Morgan fingerprint density at radius 2 is 2.15 bits per heavy atom. The maximum Gasteiger partial charge on any atom is 0.198 e. The SMILES string of the molecule is CN1CCc2cc(OCCCSS(C)(=O)=O)ccc2C1. The van der Waals surface area contributed by atoms with Crippen LogP contribution in [0.4, 0.5) is 0 Å². The standard InChI is InChI=1S/C14H21NO3S2/c1-15-7-6-12-10-14(5-4-13(12)11-15)18-8-3-9-19-20(2,16)17/h4-5,10H,3,6-9,11H2,1-2H3. The lowest BCUT2D eigenvalue weighted by atomic mass is 10.00. The van der Waals surface area contributed by atoms with Crippen molar-refractivity contribution in [3.8, 4) is 5.75 Å². The number of ether oxygens (including phenoxy) is 1. The summed E-state index contributed by atoms with van der Waals surface area (Å²) in [6.07, 6.45) is 3.03. The van der Waals surface area contributed by atoms with Crippen LogP contribution in [0.25, 0.3) is 0 Å². The molecule has 1 aliphatic heterocycles. The van der Waals surface area contributed by atoms with Crippen LogP contribution in [-0.4, -0.2) is 45.5 Å². The molecule has 0 saturated heterocycles. The molecule has 2 rings (SSSR count). The van der Waals surface area contributed by atoms with Crippen molar-refractivity contribution in [3.05, 3.63) is 29.3 Å². The van der Waals surface area contributed by atoms with Crippen molar-refractivity contribution in [2.24, 2.45) is 0 Å². The Balaban J connectivity index is 1.79. The first-order valence-corrected chi connectivity index (χ1v) is 10.1. The molecule has 0 atom stereocenters. The lowest BCUT2D eigenvalue weighted by Crippen LogP contribution is -2.26. The van der Waals surface area contributed by atoms with Crippen LogP contribution in [-0.2, 0) is 21.8 Å². The van der Waals surface area contributed by atoms with Crippen LogP contribution >= 0.6 is 10.8 Å². The Morgan fingerprint density at radius 3 is 2.90 bits per heavy atom. The minimum absolute atomic E-state index is 0.557. The number of hydrogen-bond acceptors (Lipinski definition) is 5. The van der Waals surface area contributed by atoms with Gasteiger partial charge in [0.15, 0.2) is 8.87 Å². The molecule has 0 N–H and O–H groups in total. The predicted molar refractivity (Wildman–Crippen MR) is 83.9 cm³/mol. The number of hydrogen-bond donors (Lipinski definition) is 0. The highest BCUT2D eigenvalue weighted by Gasteiger charge is 2.13. The van der Waals surface area contributed by atoms with E-state index in [1.165, 1.54) is 17.4 Å². The molecule has 0 spiro atoms. The average Bonchev–Trinajstić information content (AvgIpc) is 2.37. The second kappa shape index (κ2) is 6.83. The third-order valence-electron chi connectivity index (χ3n) is 3.24. The Morgan fingerprint density at radius 1 is 1.35 bits per heavy atom. The summed E-state index contributed by atoms with van der Waals surface area (Å²) in [6, 6.07) is 6.25. The van der Waals surface area contributed by atoms with E-state index >= 15 is 0 Å². The van der Waals surface area contributed by atoms with Gasteiger partial charge in [-0.3, -0.25) is 0 Å². The molecule has 6 heteroatoms. The summed E-state index contributed by atoms with van der Waals surface area (Å²) in [5, 5.41) is 0. The molecule has 0 saturated carbocycles. The van der Waals surface area contributed by atoms with E-state index in [2.05, 4.69) is 24.1 Å². The van der Waals surface area contributed by atoms with Crippen LogP contribution in [0.3, 0.4) is 0 Å². The van der Waals surface area contributed by atoms with Gasteiger partial charge in [0.2, 0.25) is 0 Å². The highest BCUT2D eigenvalue weighted by atomic mass is 33.1. The fourth-order valence-electron chi connectivity index (χ4n) is 2.22. The van der Waals surface area contributed by atoms with Crippen LogP contribution in [0.15, 0.2) is 18.2 Å². The first-order chi connectivity index (χ1) is 9.44. The minimum Gasteiger partial charge on any atom is -0.494 e. The number of benzene rings is 1. The lowest BCUT2D eigenvalue weighted by Gasteiger charge is -2.25. The van der Waals surface area contributed by atoms with Crippen molar-refractivity contribution < 1.29 is 13.2 Å². The highest BCUT2D eigenvalue weighted by molar-refractivity contribution is 8.71. The van der Waals surface area contributed by atoms with Gasteiger partial charge < -0.3 is 9.64 Å². The molecule has 0 bridgehead atoms. The highest BCUT2D eigenvalue weighted by Crippen LogP contribution is 2.23. The maximum atomic E-state index is 11.0. The lowest BCUT2D eigenvalue weighted by molar-refractivity contribution is 0.305. The van der Waals surface area contributed by atoms with Gasteiger partial charge in [-0.05, 0) is 53.9 Å². The summed E-state index contributed by atoms with van der Waals surface area (Å²) >= 11 is 0. The zero-order valence-electron chi connectivity index (χ0n) is 12.0. The second-order valence-electron chi connectivity index (χ2n) is 5.15. The molecule has 0 fully saturated rings. The van der Waals surface area contributed by atoms with Gasteiger partial charge in [-0.1, -0.05) is 6.07 Å². The molecule has 0 aromatic heterocycles. The van der Waals surface area contributed by atoms with Gasteiger partial charge in [0.05, 0.1) is 6.61 Å². The van der Waals surface area contributed by atoms with Crippen LogP contribution in [0, 0.1) is 0 Å². The maximum absolute atomic E-state index is 11.0. The van der Waals surface area contributed by atoms with Crippen LogP contribution in [0.2, 0.25) is 0 Å². The zero-order valence-corrected chi connectivity index (χ0v) is 13.6. The van der Waals surface area contributed by atoms with Gasteiger partial charge in [-0.15, -0.1) is 0 Å². The summed E-state index contributed by atoms with van der Waals surface area (Å²) in [5.41, 5.74) is 2.74. The summed E-state index contributed by atoms with van der Waals surface area (Å²) < 4.78 is 27.6. The van der Waals surface area contributed by atoms with E-state index in [0.717, 1.165) is 42.5 Å². The predicted octanol–water partition coefficient (Wildman–Crippen LogP) is 2.14. The molecule has 4 nitrogen and oxygen atoms in total. The van der Waals surface area contributed by atoms with Crippen molar-refractivity contribution in [1.82, 2.24) is 4.90 Å². The fraction of sp³-hybridized carbons (Fsp3) is 0.571. The van der Waals surface area contributed by atoms with Crippen molar-refractivity contribution >= 4 is 19.7 Å². The van der Waals surface area contributed by atoms with Crippen molar-refractivity contribution in [2.75, 3.05) is 32.2 Å². The fourth-order valence-corrected chi connectivity index (χ4v) is 4.02. The minimum atomic E-state index is -2.93. The van der Waals surface area contributed by atoms with Crippen LogP contribution in [0.5, 0.6) is 5.75 Å². The summed E-state index contributed by atoms with van der Waals surface area (Å²) in [4.78, 5) is 2.31. The monoisotopic (exact) mass is 315 g/mol. The molecule has 1 heterocycles. The first kappa shape index (κ1) is 15.7. The Kier molecular flexibility index (Phi) is 5.35. The Labute approximate surface area is 124 Å². The average molecular weight is 315 g/mol. The van der Waals surface area contributed by atoms with E-state index in [1.54, 1.807) is 0 Å². The quantitative estimate of drug-likeness (QED) is 0.594. The van der Waals surface area contributed by atoms with E-state index < -0.39 is 8.87 Å². The van der Waals surface area contributed by atoms with E-state index in [9.17, 15) is 8.42 Å². The van der Waals surface area contributed by atoms with Crippen LogP contribution < -0.4 is 4.74 Å². The van der Waals surface area contributed by atoms with Gasteiger partial charge >= 0.3 is 0 Å². The second-order valence-corrected chi connectivity index (χ2v) is 9.72. The molecule has 0 radical (unpaired) electrons. The Bertz CT molecular complexity index is 558. The molecule has 1 aromatic rings. The molecule has 0 amide bonds. The van der Waals surface area contributed by atoms with E-state index in [1.807, 2.05) is 6.07 Å². The zero-order chi connectivity index (χ0) is 14.6.